The number of unbranched alkanes of at least 4 members (excludes halogenated alkanes) is 2. The number of para-hydroxylation sites is 1. The van der Waals surface area contributed by atoms with E-state index in [-0.39, 0.29) is 129 Å². The van der Waals surface area contributed by atoms with Gasteiger partial charge in [-0.25, -0.2) is 4.98 Å². The van der Waals surface area contributed by atoms with E-state index in [1.807, 2.05) is 0 Å². The Morgan fingerprint density at radius 3 is 1.91 bits per heavy atom. The molecular weight excluding hydrogens is 1710 g/mol. The van der Waals surface area contributed by atoms with Crippen molar-refractivity contribution in [1.82, 2.24) is 99.2 Å². The molecule has 12 atom stereocenters. The van der Waals surface area contributed by atoms with E-state index < -0.39 is 269 Å². The van der Waals surface area contributed by atoms with Crippen molar-refractivity contribution in [2.24, 2.45) is 22.9 Å². The zero-order chi connectivity index (χ0) is 95.2. The number of primary amides is 2. The minimum atomic E-state index is -1.80. The number of nitrogens with zero attached hydrogens (tertiary/aromatic N) is 3. The number of nitrogens with one attached hydrogen (secondary N) is 17. The first kappa shape index (κ1) is 105. The van der Waals surface area contributed by atoms with Crippen LogP contribution in [-0.2, 0) is 115 Å². The molecular formula is C82H122N24O24. The molecule has 0 aliphatic carbocycles. The molecule has 2 aromatic carbocycles. The molecule has 16 amide bonds. The van der Waals surface area contributed by atoms with E-state index in [1.54, 1.807) is 67.7 Å². The fraction of sp³-hybridized carbons (Fsp3) is 0.561. The molecule has 2 saturated heterocycles. The summed E-state index contributed by atoms with van der Waals surface area (Å²) in [5, 5.41) is 84.9. The topological polar surface area (TPSA) is 754 Å². The van der Waals surface area contributed by atoms with Crippen LogP contribution in [0.3, 0.4) is 0 Å². The number of H-pyrrole nitrogens is 2. The van der Waals surface area contributed by atoms with Crippen molar-refractivity contribution in [2.45, 2.75) is 201 Å². The molecule has 2 aromatic heterocycles. The first-order valence-electron chi connectivity index (χ1n) is 42.8. The van der Waals surface area contributed by atoms with E-state index in [2.05, 4.69) is 89.4 Å². The smallest absolute Gasteiger partial charge is 0.317 e. The number of carboxylic acids is 2. The number of benzene rings is 2. The van der Waals surface area contributed by atoms with Gasteiger partial charge < -0.3 is 142 Å². The molecule has 0 radical (unpaired) electrons. The number of hydrogen-bond donors (Lipinski definition) is 25. The van der Waals surface area contributed by atoms with Gasteiger partial charge in [-0.2, -0.15) is 0 Å². The zero-order valence-corrected chi connectivity index (χ0v) is 72.3. The van der Waals surface area contributed by atoms with Crippen LogP contribution in [0.4, 0.5) is 0 Å². The summed E-state index contributed by atoms with van der Waals surface area (Å²) in [7, 11) is 0. The Labute approximate surface area is 747 Å². The predicted octanol–water partition coefficient (Wildman–Crippen LogP) is -8.13. The van der Waals surface area contributed by atoms with Crippen molar-refractivity contribution < 1.29 is 116 Å². The summed E-state index contributed by atoms with van der Waals surface area (Å²) in [6, 6.07) is -2.47. The molecule has 29 N–H and O–H groups in total. The fourth-order valence-corrected chi connectivity index (χ4v) is 14.1. The Morgan fingerprint density at radius 1 is 0.631 bits per heavy atom. The van der Waals surface area contributed by atoms with Crippen molar-refractivity contribution in [3.63, 3.8) is 0 Å². The average Bonchev–Trinajstić information content (AvgIpc) is 1.67. The third kappa shape index (κ3) is 37.9. The Balaban J connectivity index is 1.33. The first-order chi connectivity index (χ1) is 62.1. The second-order valence-electron chi connectivity index (χ2n) is 31.2. The highest BCUT2D eigenvalue weighted by molar-refractivity contribution is 6.01. The molecule has 0 spiro atoms. The van der Waals surface area contributed by atoms with Gasteiger partial charge in [0, 0.05) is 94.5 Å². The van der Waals surface area contributed by atoms with Gasteiger partial charge in [0.05, 0.1) is 70.7 Å². The number of aromatic nitrogens is 3. The van der Waals surface area contributed by atoms with Crippen molar-refractivity contribution in [1.29, 1.82) is 5.41 Å². The van der Waals surface area contributed by atoms with Crippen LogP contribution >= 0.6 is 0 Å². The van der Waals surface area contributed by atoms with Crippen LogP contribution in [0.1, 0.15) is 126 Å². The number of carboxylic acid groups (broad SMARTS) is 2. The first-order valence-corrected chi connectivity index (χ1v) is 42.8. The van der Waals surface area contributed by atoms with Gasteiger partial charge in [0.25, 0.3) is 0 Å². The third-order valence-electron chi connectivity index (χ3n) is 20.8. The Hall–Kier alpha value is -13.3. The highest BCUT2D eigenvalue weighted by Crippen LogP contribution is 2.24. The van der Waals surface area contributed by atoms with Gasteiger partial charge in [0.1, 0.15) is 73.1 Å². The predicted molar refractivity (Wildman–Crippen MR) is 462 cm³/mol. The lowest BCUT2D eigenvalue weighted by Crippen LogP contribution is -2.61. The number of nitrogens with two attached hydrogens (primary N) is 4. The molecule has 1 unspecified atom stereocenters. The lowest BCUT2D eigenvalue weighted by atomic mass is 10.0. The lowest BCUT2D eigenvalue weighted by molar-refractivity contribution is -0.143. The van der Waals surface area contributed by atoms with Gasteiger partial charge >= 0.3 is 11.9 Å². The van der Waals surface area contributed by atoms with Crippen LogP contribution in [0, 0.1) is 5.41 Å². The summed E-state index contributed by atoms with van der Waals surface area (Å²) in [5.41, 5.74) is 24.2. The molecule has 2 aliphatic rings. The van der Waals surface area contributed by atoms with Gasteiger partial charge in [-0.1, -0.05) is 68.3 Å². The Bertz CT molecular complexity index is 4470. The van der Waals surface area contributed by atoms with Crippen molar-refractivity contribution in [2.75, 3.05) is 91.9 Å². The number of aliphatic carboxylic acids is 2. The maximum Gasteiger partial charge on any atom is 0.317 e. The molecule has 2 fully saturated rings. The van der Waals surface area contributed by atoms with E-state index >= 15 is 28.8 Å². The number of aromatic amines is 2. The minimum absolute atomic E-state index is 0.00330. The van der Waals surface area contributed by atoms with Crippen LogP contribution < -0.4 is 97.4 Å². The molecule has 4 heterocycles. The zero-order valence-electron chi connectivity index (χ0n) is 72.3. The van der Waals surface area contributed by atoms with E-state index in [0.29, 0.717) is 28.5 Å². The van der Waals surface area contributed by atoms with E-state index in [9.17, 15) is 78.0 Å². The second-order valence-corrected chi connectivity index (χ2v) is 31.2. The molecule has 48 nitrogen and oxygen atoms in total. The normalized spacial score (nSPS) is 19.1. The van der Waals surface area contributed by atoms with Gasteiger partial charge in [-0.05, 0) is 87.8 Å². The molecule has 130 heavy (non-hydrogen) atoms. The molecule has 4 aromatic rings. The van der Waals surface area contributed by atoms with Crippen molar-refractivity contribution in [3.05, 3.63) is 90.1 Å². The molecule has 48 heteroatoms. The summed E-state index contributed by atoms with van der Waals surface area (Å²) >= 11 is 0. The summed E-state index contributed by atoms with van der Waals surface area (Å²) in [4.78, 5) is 262. The number of carbonyl (C=O) groups excluding carboxylic acids is 16. The summed E-state index contributed by atoms with van der Waals surface area (Å²) in [5.74, 6) is -18.8. The minimum Gasteiger partial charge on any atom is -0.480 e. The van der Waals surface area contributed by atoms with Crippen LogP contribution in [0.5, 0.6) is 0 Å². The van der Waals surface area contributed by atoms with Crippen LogP contribution in [0.25, 0.3) is 10.9 Å². The number of aliphatic hydroxyl groups is 2. The fourth-order valence-electron chi connectivity index (χ4n) is 14.1. The van der Waals surface area contributed by atoms with Gasteiger partial charge in [-0.3, -0.25) is 96.6 Å². The van der Waals surface area contributed by atoms with Crippen LogP contribution in [0.15, 0.2) is 73.3 Å². The summed E-state index contributed by atoms with van der Waals surface area (Å²) in [6.45, 7) is -2.94. The van der Waals surface area contributed by atoms with Crippen LogP contribution in [0.2, 0.25) is 0 Å². The number of rotatable bonds is 49. The average molecular weight is 1830 g/mol. The maximum atomic E-state index is 15.5. The summed E-state index contributed by atoms with van der Waals surface area (Å²) < 4.78 is 10.4. The largest absolute Gasteiger partial charge is 0.480 e. The van der Waals surface area contributed by atoms with Gasteiger partial charge in [0.2, 0.25) is 94.5 Å². The van der Waals surface area contributed by atoms with Crippen molar-refractivity contribution >= 4 is 123 Å². The Kier molecular flexibility index (Phi) is 45.5. The molecule has 6 rings (SSSR count). The molecule has 714 valence electrons. The van der Waals surface area contributed by atoms with Gasteiger partial charge in [0.15, 0.2) is 5.96 Å². The Morgan fingerprint density at radius 2 is 1.25 bits per heavy atom. The highest BCUT2D eigenvalue weighted by atomic mass is 16.5. The second kappa shape index (κ2) is 56.1. The number of guanidine groups is 1. The molecule has 0 bridgehead atoms. The van der Waals surface area contributed by atoms with Crippen LogP contribution in [-0.4, -0.2) is 322 Å². The number of amides is 16. The van der Waals surface area contributed by atoms with Crippen molar-refractivity contribution in [3.8, 4) is 0 Å². The third-order valence-corrected chi connectivity index (χ3v) is 20.8. The lowest BCUT2D eigenvalue weighted by Gasteiger charge is -2.31. The number of aliphatic hydroxyl groups excluding tert-OH is 2. The number of ether oxygens (including phenoxy) is 2. The number of carbonyl (C=O) groups is 18. The molecule has 0 saturated carbocycles. The number of fused-ring (bicyclic) bond motifs is 2. The summed E-state index contributed by atoms with van der Waals surface area (Å²) in [6.07, 6.45) is -0.613. The highest BCUT2D eigenvalue weighted by Gasteiger charge is 2.44. The SMILES string of the molecule is CCCC[C@H](NC(=O)[C@H](CCCCNC(=O)CN(CC(=O)O)CC(=O)O)NC(=O)[C@H](Cc1c[nH]cn1)NC(=O)[C@H](CCC(N)=O)NC(=O)[C@H](CO)NC(=O)CNC(=O)COCCOCCN)C(=O)NC1CCC(=O)NCCCC[C@@H](C(N)=O)NC(=O)[C@H](Cc2c[nH]c3ccccc23)NC(=O)[C@H](CCCNC(=N)N)NC(=O)[C@@H](Cc2ccccc2)NC(=O)[C@@H]2C[C@@H](O)CN2C1=O. The monoisotopic (exact) mass is 1830 g/mol. The number of hydrogen-bond acceptors (Lipinski definition) is 26. The van der Waals surface area contributed by atoms with E-state index in [1.165, 1.54) is 12.5 Å². The maximum absolute atomic E-state index is 15.5. The van der Waals surface area contributed by atoms with E-state index in [4.69, 9.17) is 37.8 Å². The van der Waals surface area contributed by atoms with E-state index in [0.717, 1.165) is 9.80 Å². The van der Waals surface area contributed by atoms with Gasteiger partial charge in [-0.15, -0.1) is 0 Å². The quantitative estimate of drug-likeness (QED) is 0.0111. The number of imidazole rings is 1. The standard InChI is InChI=1S/C82H122N24O24/c1-2-3-17-54(97-72(119)55(20-10-12-28-90-67(112)41-105(42-69(114)115)43-70(116)117)98-78(125)61(35-49-38-88-46-94-49)103-75(122)57(22-24-64(84)109)100-79(126)62(44-107)95-66(111)39-93-68(113)45-130-32-31-129-30-26-83)73(120)101-58-23-25-65(110)89-27-11-9-19-53(71(85)118)96-77(124)60(34-48-37-92-52-18-8-7-16-51(48)52)102-74(121)56(21-13-29-91-82(86)87)99-76(123)59(33-47-14-5-4-6-15-47)104-80(127)63-36-50(108)40-106(63)81(58)128/h4-8,14-16,18,37-38,46,50,53-63,92,107-108H,2-3,9-13,17,19-36,39-45,83H2,1H3,(H2,84,109)(H2,85,118)(H,88,94)(H,89,110)(H,90,112)(H,93,113)(H,95,111)(H,96,124)(H,97,119)(H,98,125)(H,99,123)(H,100,126)(H,101,120)(H,102,121)(H,103,122)(H,104,127)(H,114,115)(H,116,117)(H4,86,87,91)/t50-,53+,54+,55+,56+,57+,58?,59-,60+,61+,62+,63+/m1/s1. The molecule has 2 aliphatic heterocycles.